The molecule has 0 aromatic carbocycles. The van der Waals surface area contributed by atoms with Crippen molar-refractivity contribution in [2.75, 3.05) is 0 Å². The van der Waals surface area contributed by atoms with E-state index in [4.69, 9.17) is 0 Å². The molecule has 2 nitrogen and oxygen atoms in total. The maximum atomic E-state index is 11.9. The summed E-state index contributed by atoms with van der Waals surface area (Å²) in [4.78, 5) is 0. The fourth-order valence-electron chi connectivity index (χ4n) is 0.726. The second kappa shape index (κ2) is 3.83. The van der Waals surface area contributed by atoms with Gasteiger partial charge in [0.05, 0.1) is 0 Å². The third-order valence-electron chi connectivity index (χ3n) is 1.26. The molecule has 0 aliphatic heterocycles. The molecule has 0 spiro atoms. The molecule has 0 fully saturated rings. The fraction of sp³-hybridized carbons (Fsp3) is 1.00. The zero-order valence-corrected chi connectivity index (χ0v) is 7.80. The molecular weight excluding hydrogens is 217 g/mol. The van der Waals surface area contributed by atoms with Crippen LogP contribution < -0.4 is 0 Å². The minimum atomic E-state index is -4.77. The second-order valence-electron chi connectivity index (χ2n) is 2.29. The van der Waals surface area contributed by atoms with Crippen LogP contribution in [0.1, 0.15) is 19.8 Å². The standard InChI is InChI=1S/C5H8ClF3O2S/c1-2-3-4(5(7,8)9)12(6,10)11/h4H,2-3H2,1H3. The van der Waals surface area contributed by atoms with Crippen LogP contribution in [0.25, 0.3) is 0 Å². The molecule has 12 heavy (non-hydrogen) atoms. The lowest BCUT2D eigenvalue weighted by Crippen LogP contribution is -2.33. The zero-order valence-electron chi connectivity index (χ0n) is 6.23. The Morgan fingerprint density at radius 3 is 1.92 bits per heavy atom. The molecule has 1 atom stereocenters. The van der Waals surface area contributed by atoms with Gasteiger partial charge in [0.15, 0.2) is 5.25 Å². The van der Waals surface area contributed by atoms with E-state index in [9.17, 15) is 21.6 Å². The Kier molecular flexibility index (Phi) is 3.84. The Hall–Kier alpha value is 0.0300. The Morgan fingerprint density at radius 2 is 1.83 bits per heavy atom. The SMILES string of the molecule is CCCC(C(F)(F)F)S(=O)(=O)Cl. The molecule has 1 unspecified atom stereocenters. The van der Waals surface area contributed by atoms with Crippen molar-refractivity contribution in [3.8, 4) is 0 Å². The number of hydrogen-bond acceptors (Lipinski definition) is 2. The molecule has 0 bridgehead atoms. The summed E-state index contributed by atoms with van der Waals surface area (Å²) in [5.41, 5.74) is 0. The zero-order chi connectivity index (χ0) is 9.99. The molecule has 74 valence electrons. The lowest BCUT2D eigenvalue weighted by Gasteiger charge is -2.15. The highest BCUT2D eigenvalue weighted by atomic mass is 35.7. The van der Waals surface area contributed by atoms with Gasteiger partial charge in [-0.2, -0.15) is 13.2 Å². The van der Waals surface area contributed by atoms with Gasteiger partial charge in [-0.3, -0.25) is 0 Å². The maximum Gasteiger partial charge on any atom is 0.406 e. The van der Waals surface area contributed by atoms with Gasteiger partial charge in [-0.15, -0.1) is 0 Å². The summed E-state index contributed by atoms with van der Waals surface area (Å²) in [6.45, 7) is 1.46. The molecule has 0 amide bonds. The van der Waals surface area contributed by atoms with Crippen molar-refractivity contribution in [1.82, 2.24) is 0 Å². The van der Waals surface area contributed by atoms with Crippen LogP contribution in [0, 0.1) is 0 Å². The van der Waals surface area contributed by atoms with Crippen LogP contribution in [0.2, 0.25) is 0 Å². The Labute approximate surface area is 73.1 Å². The summed E-state index contributed by atoms with van der Waals surface area (Å²) >= 11 is 0. The smallest absolute Gasteiger partial charge is 0.212 e. The average molecular weight is 225 g/mol. The Balaban J connectivity index is 4.70. The topological polar surface area (TPSA) is 34.1 Å². The van der Waals surface area contributed by atoms with Gasteiger partial charge >= 0.3 is 6.18 Å². The van der Waals surface area contributed by atoms with Crippen LogP contribution in [0.5, 0.6) is 0 Å². The van der Waals surface area contributed by atoms with Crippen LogP contribution in [0.4, 0.5) is 13.2 Å². The molecule has 0 heterocycles. The quantitative estimate of drug-likeness (QED) is 0.690. The molecule has 0 aromatic rings. The average Bonchev–Trinajstić information content (AvgIpc) is 1.77. The van der Waals surface area contributed by atoms with Gasteiger partial charge in [0, 0.05) is 10.7 Å². The number of hydrogen-bond donors (Lipinski definition) is 0. The lowest BCUT2D eigenvalue weighted by molar-refractivity contribution is -0.131. The number of rotatable bonds is 3. The van der Waals surface area contributed by atoms with E-state index >= 15 is 0 Å². The number of alkyl halides is 3. The van der Waals surface area contributed by atoms with Crippen LogP contribution in [-0.4, -0.2) is 19.8 Å². The molecule has 0 aliphatic carbocycles. The maximum absolute atomic E-state index is 11.9. The van der Waals surface area contributed by atoms with Crippen molar-refractivity contribution < 1.29 is 21.6 Å². The van der Waals surface area contributed by atoms with Crippen molar-refractivity contribution in [2.45, 2.75) is 31.2 Å². The van der Waals surface area contributed by atoms with Crippen molar-refractivity contribution >= 4 is 19.7 Å². The first-order valence-electron chi connectivity index (χ1n) is 3.19. The first-order valence-corrected chi connectivity index (χ1v) is 5.57. The van der Waals surface area contributed by atoms with Gasteiger partial charge in [-0.05, 0) is 6.42 Å². The summed E-state index contributed by atoms with van der Waals surface area (Å²) in [7, 11) is 0.0773. The summed E-state index contributed by atoms with van der Waals surface area (Å²) < 4.78 is 56.6. The van der Waals surface area contributed by atoms with E-state index in [1.807, 2.05) is 0 Å². The normalized spacial score (nSPS) is 16.1. The first-order chi connectivity index (χ1) is 5.19. The van der Waals surface area contributed by atoms with Crippen LogP contribution in [0.15, 0.2) is 0 Å². The summed E-state index contributed by atoms with van der Waals surface area (Å²) in [6, 6.07) is 0. The number of halogens is 4. The molecule has 0 saturated carbocycles. The highest BCUT2D eigenvalue weighted by Gasteiger charge is 2.47. The third kappa shape index (κ3) is 3.62. The molecule has 0 saturated heterocycles. The summed E-state index contributed by atoms with van der Waals surface area (Å²) in [5, 5.41) is -2.43. The summed E-state index contributed by atoms with van der Waals surface area (Å²) in [6.07, 6.45) is -5.14. The van der Waals surface area contributed by atoms with Crippen LogP contribution >= 0.6 is 10.7 Å². The Morgan fingerprint density at radius 1 is 1.42 bits per heavy atom. The van der Waals surface area contributed by atoms with Crippen molar-refractivity contribution in [3.63, 3.8) is 0 Å². The molecule has 0 aromatic heterocycles. The minimum absolute atomic E-state index is 0.121. The van der Waals surface area contributed by atoms with E-state index in [2.05, 4.69) is 10.7 Å². The van der Waals surface area contributed by atoms with Crippen molar-refractivity contribution in [1.29, 1.82) is 0 Å². The Bertz CT molecular complexity index is 234. The second-order valence-corrected chi connectivity index (χ2v) is 5.11. The predicted octanol–water partition coefficient (Wildman–Crippen LogP) is 2.29. The lowest BCUT2D eigenvalue weighted by atomic mass is 10.2. The van der Waals surface area contributed by atoms with Crippen molar-refractivity contribution in [3.05, 3.63) is 0 Å². The van der Waals surface area contributed by atoms with E-state index in [-0.39, 0.29) is 6.42 Å². The molecule has 0 N–H and O–H groups in total. The molecule has 7 heteroatoms. The van der Waals surface area contributed by atoms with E-state index < -0.39 is 26.9 Å². The highest BCUT2D eigenvalue weighted by Crippen LogP contribution is 2.31. The van der Waals surface area contributed by atoms with Gasteiger partial charge in [0.25, 0.3) is 0 Å². The molecular formula is C5H8ClF3O2S. The van der Waals surface area contributed by atoms with Gasteiger partial charge in [0.1, 0.15) is 0 Å². The van der Waals surface area contributed by atoms with Crippen LogP contribution in [0.3, 0.4) is 0 Å². The van der Waals surface area contributed by atoms with Crippen molar-refractivity contribution in [2.24, 2.45) is 0 Å². The van der Waals surface area contributed by atoms with E-state index in [0.29, 0.717) is 0 Å². The largest absolute Gasteiger partial charge is 0.406 e. The fourth-order valence-corrected chi connectivity index (χ4v) is 2.13. The van der Waals surface area contributed by atoms with Gasteiger partial charge in [0.2, 0.25) is 9.05 Å². The van der Waals surface area contributed by atoms with Crippen LogP contribution in [-0.2, 0) is 9.05 Å². The molecule has 0 rings (SSSR count). The predicted molar refractivity (Wildman–Crippen MR) is 39.5 cm³/mol. The third-order valence-corrected chi connectivity index (χ3v) is 3.08. The minimum Gasteiger partial charge on any atom is -0.212 e. The molecule has 0 aliphatic rings. The highest BCUT2D eigenvalue weighted by molar-refractivity contribution is 8.14. The van der Waals surface area contributed by atoms with Gasteiger partial charge in [-0.25, -0.2) is 8.42 Å². The monoisotopic (exact) mass is 224 g/mol. The molecule has 0 radical (unpaired) electrons. The van der Waals surface area contributed by atoms with Gasteiger partial charge < -0.3 is 0 Å². The summed E-state index contributed by atoms with van der Waals surface area (Å²) in [5.74, 6) is 0. The first kappa shape index (κ1) is 12.0. The van der Waals surface area contributed by atoms with E-state index in [0.717, 1.165) is 0 Å². The van der Waals surface area contributed by atoms with Gasteiger partial charge in [-0.1, -0.05) is 13.3 Å². The van der Waals surface area contributed by atoms with E-state index in [1.54, 1.807) is 0 Å². The van der Waals surface area contributed by atoms with E-state index in [1.165, 1.54) is 6.92 Å².